The highest BCUT2D eigenvalue weighted by atomic mass is 32.2. The van der Waals surface area contributed by atoms with Crippen molar-refractivity contribution in [3.05, 3.63) is 12.2 Å². The SMILES string of the molecule is C=C(CS(=O)(=O)C=N)C(=O)O. The number of rotatable bonds is 4. The van der Waals surface area contributed by atoms with Gasteiger partial charge in [-0.25, -0.2) is 13.2 Å². The Labute approximate surface area is 63.8 Å². The Hall–Kier alpha value is -1.17. The van der Waals surface area contributed by atoms with E-state index in [1.165, 1.54) is 0 Å². The van der Waals surface area contributed by atoms with Crippen LogP contribution in [0.15, 0.2) is 12.2 Å². The maximum absolute atomic E-state index is 10.5. The van der Waals surface area contributed by atoms with Crippen LogP contribution < -0.4 is 0 Å². The molecule has 0 bridgehead atoms. The molecule has 0 aromatic heterocycles. The van der Waals surface area contributed by atoms with Gasteiger partial charge in [0.1, 0.15) is 5.55 Å². The maximum Gasteiger partial charge on any atom is 0.332 e. The van der Waals surface area contributed by atoms with Gasteiger partial charge < -0.3 is 5.11 Å². The first-order valence-corrected chi connectivity index (χ1v) is 4.25. The molecule has 0 aliphatic rings. The molecule has 0 saturated carbocycles. The van der Waals surface area contributed by atoms with Crippen molar-refractivity contribution in [3.63, 3.8) is 0 Å². The van der Waals surface area contributed by atoms with Gasteiger partial charge in [-0.3, -0.25) is 5.41 Å². The zero-order chi connectivity index (χ0) is 9.07. The van der Waals surface area contributed by atoms with Crippen LogP contribution in [-0.2, 0) is 14.6 Å². The van der Waals surface area contributed by atoms with Gasteiger partial charge in [0.25, 0.3) is 0 Å². The molecule has 0 aliphatic heterocycles. The minimum atomic E-state index is -3.70. The summed E-state index contributed by atoms with van der Waals surface area (Å²) >= 11 is 0. The number of hydrogen-bond donors (Lipinski definition) is 2. The third-order valence-corrected chi connectivity index (χ3v) is 1.97. The summed E-state index contributed by atoms with van der Waals surface area (Å²) < 4.78 is 21.1. The molecule has 0 saturated heterocycles. The van der Waals surface area contributed by atoms with Gasteiger partial charge in [-0.15, -0.1) is 0 Å². The number of aliphatic carboxylic acids is 1. The number of hydrogen-bond acceptors (Lipinski definition) is 4. The third-order valence-electron chi connectivity index (χ3n) is 0.857. The van der Waals surface area contributed by atoms with Crippen molar-refractivity contribution in [1.29, 1.82) is 5.41 Å². The van der Waals surface area contributed by atoms with Crippen molar-refractivity contribution in [3.8, 4) is 0 Å². The quantitative estimate of drug-likeness (QED) is 0.348. The first kappa shape index (κ1) is 9.83. The molecule has 0 heterocycles. The van der Waals surface area contributed by atoms with E-state index in [9.17, 15) is 13.2 Å². The number of carboxylic acids is 1. The lowest BCUT2D eigenvalue weighted by Gasteiger charge is -1.95. The van der Waals surface area contributed by atoms with Gasteiger partial charge in [0, 0.05) is 5.57 Å². The molecular formula is C5H7NO4S. The molecular weight excluding hydrogens is 170 g/mol. The van der Waals surface area contributed by atoms with Crippen LogP contribution in [-0.4, -0.2) is 30.8 Å². The zero-order valence-corrected chi connectivity index (χ0v) is 6.39. The normalized spacial score (nSPS) is 10.5. The molecule has 11 heavy (non-hydrogen) atoms. The van der Waals surface area contributed by atoms with E-state index >= 15 is 0 Å². The number of nitrogens with one attached hydrogen (secondary N) is 1. The standard InChI is InChI=1S/C5H7NO4S/c1-4(5(7)8)2-11(9,10)3-6/h3,6H,1-2H2,(H,7,8). The Morgan fingerprint density at radius 3 is 2.36 bits per heavy atom. The van der Waals surface area contributed by atoms with E-state index < -0.39 is 27.1 Å². The van der Waals surface area contributed by atoms with Gasteiger partial charge in [0.2, 0.25) is 0 Å². The largest absolute Gasteiger partial charge is 0.478 e. The lowest BCUT2D eigenvalue weighted by Crippen LogP contribution is -2.13. The first-order chi connectivity index (χ1) is 4.89. The molecule has 0 spiro atoms. The van der Waals surface area contributed by atoms with Crippen LogP contribution in [0.25, 0.3) is 0 Å². The fourth-order valence-electron chi connectivity index (χ4n) is 0.346. The molecule has 0 aromatic carbocycles. The summed E-state index contributed by atoms with van der Waals surface area (Å²) in [4.78, 5) is 10.1. The van der Waals surface area contributed by atoms with Crippen LogP contribution in [0, 0.1) is 5.41 Å². The average molecular weight is 177 g/mol. The maximum atomic E-state index is 10.5. The molecule has 0 aliphatic carbocycles. The van der Waals surface area contributed by atoms with E-state index in [2.05, 4.69) is 6.58 Å². The summed E-state index contributed by atoms with van der Waals surface area (Å²) in [5, 5.41) is 14.6. The summed E-state index contributed by atoms with van der Waals surface area (Å²) in [5.74, 6) is -2.07. The molecule has 0 amide bonds. The molecule has 62 valence electrons. The smallest absolute Gasteiger partial charge is 0.332 e. The number of sulfone groups is 1. The molecule has 5 nitrogen and oxygen atoms in total. The Morgan fingerprint density at radius 2 is 2.09 bits per heavy atom. The van der Waals surface area contributed by atoms with Gasteiger partial charge in [-0.05, 0) is 0 Å². The van der Waals surface area contributed by atoms with E-state index in [0.717, 1.165) is 0 Å². The third kappa shape index (κ3) is 3.51. The minimum absolute atomic E-state index is 0.209. The van der Waals surface area contributed by atoms with Crippen LogP contribution in [0.1, 0.15) is 0 Å². The summed E-state index contributed by atoms with van der Waals surface area (Å²) in [7, 11) is -3.70. The second-order valence-electron chi connectivity index (χ2n) is 1.83. The van der Waals surface area contributed by atoms with Gasteiger partial charge in [0.05, 0.1) is 5.75 Å². The molecule has 0 unspecified atom stereocenters. The highest BCUT2D eigenvalue weighted by Gasteiger charge is 2.13. The van der Waals surface area contributed by atoms with Gasteiger partial charge in [0.15, 0.2) is 9.84 Å². The van der Waals surface area contributed by atoms with Crippen molar-refractivity contribution in [2.45, 2.75) is 0 Å². The molecule has 2 N–H and O–H groups in total. The van der Waals surface area contributed by atoms with Crippen LogP contribution in [0.5, 0.6) is 0 Å². The van der Waals surface area contributed by atoms with Gasteiger partial charge in [-0.2, -0.15) is 0 Å². The second kappa shape index (κ2) is 3.29. The van der Waals surface area contributed by atoms with Crippen LogP contribution in [0.2, 0.25) is 0 Å². The van der Waals surface area contributed by atoms with Crippen molar-refractivity contribution in [1.82, 2.24) is 0 Å². The van der Waals surface area contributed by atoms with E-state index in [4.69, 9.17) is 10.5 Å². The fourth-order valence-corrected chi connectivity index (χ4v) is 1.04. The Morgan fingerprint density at radius 1 is 1.64 bits per heavy atom. The number of carboxylic acid groups (broad SMARTS) is 1. The molecule has 6 heteroatoms. The van der Waals surface area contributed by atoms with Crippen molar-refractivity contribution >= 4 is 21.4 Å². The van der Waals surface area contributed by atoms with Gasteiger partial charge in [-0.1, -0.05) is 6.58 Å². The van der Waals surface area contributed by atoms with E-state index in [-0.39, 0.29) is 5.55 Å². The van der Waals surface area contributed by atoms with E-state index in [1.54, 1.807) is 0 Å². The summed E-state index contributed by atoms with van der Waals surface area (Å²) in [6, 6.07) is 0. The molecule has 0 rings (SSSR count). The summed E-state index contributed by atoms with van der Waals surface area (Å²) in [5.41, 5.74) is -0.227. The van der Waals surface area contributed by atoms with Crippen LogP contribution >= 0.6 is 0 Å². The Kier molecular flexibility index (Phi) is 2.94. The van der Waals surface area contributed by atoms with E-state index in [1.807, 2.05) is 0 Å². The highest BCUT2D eigenvalue weighted by Crippen LogP contribution is 1.95. The second-order valence-corrected chi connectivity index (χ2v) is 3.68. The number of carbonyl (C=O) groups is 1. The topological polar surface area (TPSA) is 95.3 Å². The van der Waals surface area contributed by atoms with Crippen molar-refractivity contribution in [2.75, 3.05) is 5.75 Å². The molecule has 0 fully saturated rings. The lowest BCUT2D eigenvalue weighted by molar-refractivity contribution is -0.132. The predicted molar refractivity (Wildman–Crippen MR) is 39.3 cm³/mol. The minimum Gasteiger partial charge on any atom is -0.478 e. The fraction of sp³-hybridized carbons (Fsp3) is 0.200. The molecule has 0 atom stereocenters. The lowest BCUT2D eigenvalue weighted by atomic mass is 10.4. The Bertz CT molecular complexity index is 290. The van der Waals surface area contributed by atoms with Crippen LogP contribution in [0.4, 0.5) is 0 Å². The van der Waals surface area contributed by atoms with Crippen molar-refractivity contribution in [2.24, 2.45) is 0 Å². The molecule has 0 aromatic rings. The van der Waals surface area contributed by atoms with Crippen LogP contribution in [0.3, 0.4) is 0 Å². The van der Waals surface area contributed by atoms with Gasteiger partial charge >= 0.3 is 5.97 Å². The Balaban J connectivity index is 4.41. The summed E-state index contributed by atoms with van der Waals surface area (Å²) in [6.45, 7) is 3.01. The predicted octanol–water partition coefficient (Wildman–Crippen LogP) is -0.351. The first-order valence-electron chi connectivity index (χ1n) is 2.53. The van der Waals surface area contributed by atoms with E-state index in [0.29, 0.717) is 0 Å². The average Bonchev–Trinajstić information content (AvgIpc) is 1.87. The summed E-state index contributed by atoms with van der Waals surface area (Å²) in [6.07, 6.45) is 0. The van der Waals surface area contributed by atoms with Crippen molar-refractivity contribution < 1.29 is 18.3 Å². The zero-order valence-electron chi connectivity index (χ0n) is 5.57. The monoisotopic (exact) mass is 177 g/mol. The molecule has 0 radical (unpaired) electrons. The highest BCUT2D eigenvalue weighted by molar-refractivity contribution is 8.04.